The molecule has 2 amide bonds. The van der Waals surface area contributed by atoms with Crippen molar-refractivity contribution in [3.63, 3.8) is 0 Å². The fourth-order valence-corrected chi connectivity index (χ4v) is 4.49. The van der Waals surface area contributed by atoms with Gasteiger partial charge in [0.15, 0.2) is 12.4 Å². The quantitative estimate of drug-likeness (QED) is 0.183. The number of hydrogen-bond acceptors (Lipinski definition) is 7. The lowest BCUT2D eigenvalue weighted by molar-refractivity contribution is -0.130. The number of nitrogens with one attached hydrogen (secondary N) is 2. The monoisotopic (exact) mass is 573 g/mol. The minimum Gasteiger partial charge on any atom is -0.454 e. The predicted molar refractivity (Wildman–Crippen MR) is 160 cm³/mol. The Morgan fingerprint density at radius 3 is 1.98 bits per heavy atom. The number of amides is 2. The van der Waals surface area contributed by atoms with E-state index in [1.54, 1.807) is 26.0 Å². The third kappa shape index (κ3) is 10.2. The number of Topliss-reactive ketones (excluding diaryl/α,β-unsaturated/α-hetero) is 1. The van der Waals surface area contributed by atoms with E-state index in [0.29, 0.717) is 31.4 Å². The van der Waals surface area contributed by atoms with E-state index in [2.05, 4.69) is 10.6 Å². The molecule has 0 fully saturated rings. The first kappa shape index (κ1) is 32.0. The molecule has 0 saturated heterocycles. The van der Waals surface area contributed by atoms with Crippen LogP contribution in [0.1, 0.15) is 51.9 Å². The molecule has 42 heavy (non-hydrogen) atoms. The summed E-state index contributed by atoms with van der Waals surface area (Å²) in [5.74, 6) is -1.61. The average molecular weight is 574 g/mol. The lowest BCUT2D eigenvalue weighted by Crippen LogP contribution is -2.53. The van der Waals surface area contributed by atoms with E-state index >= 15 is 0 Å². The highest BCUT2D eigenvalue weighted by Crippen LogP contribution is 2.15. The highest BCUT2D eigenvalue weighted by molar-refractivity contribution is 5.96. The van der Waals surface area contributed by atoms with Crippen LogP contribution in [-0.4, -0.2) is 49.0 Å². The number of nitrogens with two attached hydrogens (primary N) is 1. The van der Waals surface area contributed by atoms with Gasteiger partial charge >= 0.3 is 12.1 Å². The van der Waals surface area contributed by atoms with E-state index in [1.165, 1.54) is 0 Å². The molecule has 0 spiro atoms. The fourth-order valence-electron chi connectivity index (χ4n) is 4.49. The second kappa shape index (κ2) is 16.7. The van der Waals surface area contributed by atoms with Gasteiger partial charge in [-0.2, -0.15) is 0 Å². The first-order valence-corrected chi connectivity index (χ1v) is 14.1. The summed E-state index contributed by atoms with van der Waals surface area (Å²) in [6, 6.07) is 21.9. The minimum absolute atomic E-state index is 0.0400. The molecule has 9 heteroatoms. The number of hydrogen-bond donors (Lipinski definition) is 3. The maximum Gasteiger partial charge on any atom is 0.408 e. The number of carbonyl (C=O) groups excluding carboxylic acids is 4. The Morgan fingerprint density at radius 1 is 0.738 bits per heavy atom. The van der Waals surface area contributed by atoms with E-state index in [0.717, 1.165) is 22.3 Å². The van der Waals surface area contributed by atoms with Crippen LogP contribution in [0, 0.1) is 13.8 Å². The van der Waals surface area contributed by atoms with Crippen LogP contribution >= 0.6 is 0 Å². The topological polar surface area (TPSA) is 137 Å². The molecule has 0 saturated carbocycles. The zero-order chi connectivity index (χ0) is 30.3. The van der Waals surface area contributed by atoms with Gasteiger partial charge in [0, 0.05) is 6.42 Å². The van der Waals surface area contributed by atoms with Crippen molar-refractivity contribution in [2.45, 2.75) is 58.2 Å². The predicted octanol–water partition coefficient (Wildman–Crippen LogP) is 4.18. The number of rotatable bonds is 15. The van der Waals surface area contributed by atoms with Crippen LogP contribution in [0.3, 0.4) is 0 Å². The number of aryl methyl sites for hydroxylation is 2. The summed E-state index contributed by atoms with van der Waals surface area (Å²) in [6.45, 7) is 3.56. The maximum atomic E-state index is 13.5. The lowest BCUT2D eigenvalue weighted by atomic mass is 10.0. The molecule has 0 aliphatic rings. The van der Waals surface area contributed by atoms with Crippen LogP contribution in [0.15, 0.2) is 78.9 Å². The van der Waals surface area contributed by atoms with Crippen LogP contribution < -0.4 is 16.4 Å². The molecule has 0 heterocycles. The average Bonchev–Trinajstić information content (AvgIpc) is 2.99. The Kier molecular flexibility index (Phi) is 12.7. The molecule has 0 aliphatic carbocycles. The number of carbonyl (C=O) groups is 4. The van der Waals surface area contributed by atoms with Gasteiger partial charge in [0.2, 0.25) is 5.91 Å². The Balaban J connectivity index is 1.69. The van der Waals surface area contributed by atoms with Crippen LogP contribution in [0.5, 0.6) is 0 Å². The normalized spacial score (nSPS) is 12.1. The number of unbranched alkanes of at least 4 members (excludes halogenated alkanes) is 1. The van der Waals surface area contributed by atoms with E-state index in [4.69, 9.17) is 15.2 Å². The van der Waals surface area contributed by atoms with Crippen molar-refractivity contribution in [3.8, 4) is 0 Å². The number of ether oxygens (including phenoxy) is 2. The van der Waals surface area contributed by atoms with Crippen molar-refractivity contribution in [1.29, 1.82) is 0 Å². The standard InChI is InChI=1S/C33H39N3O6/c1-23-12-11-13-24(2)30(23)32(39)41-22-29(37)27(18-9-10-19-34)35-31(38)28(20-25-14-5-3-6-15-25)36-33(40)42-21-26-16-7-4-8-17-26/h3-8,11-17,27-28H,9-10,18-22,34H2,1-2H3,(H,35,38)(H,36,40)/t27-,28-/m0/s1. The van der Waals surface area contributed by atoms with Crippen molar-refractivity contribution in [2.75, 3.05) is 13.2 Å². The Labute approximate surface area is 246 Å². The van der Waals surface area contributed by atoms with Gasteiger partial charge in [-0.1, -0.05) is 78.9 Å². The second-order valence-corrected chi connectivity index (χ2v) is 10.1. The van der Waals surface area contributed by atoms with Crippen molar-refractivity contribution < 1.29 is 28.7 Å². The largest absolute Gasteiger partial charge is 0.454 e. The third-order valence-corrected chi connectivity index (χ3v) is 6.79. The molecule has 9 nitrogen and oxygen atoms in total. The van der Waals surface area contributed by atoms with Gasteiger partial charge in [-0.15, -0.1) is 0 Å². The molecule has 0 aliphatic heterocycles. The van der Waals surface area contributed by atoms with Crippen LogP contribution in [-0.2, 0) is 32.1 Å². The number of benzene rings is 3. The molecular weight excluding hydrogens is 534 g/mol. The smallest absolute Gasteiger partial charge is 0.408 e. The molecule has 0 aromatic heterocycles. The van der Waals surface area contributed by atoms with Crippen molar-refractivity contribution in [3.05, 3.63) is 107 Å². The van der Waals surface area contributed by atoms with Gasteiger partial charge in [0.05, 0.1) is 11.6 Å². The van der Waals surface area contributed by atoms with Crippen molar-refractivity contribution >= 4 is 23.8 Å². The number of esters is 1. The van der Waals surface area contributed by atoms with Crippen molar-refractivity contribution in [2.24, 2.45) is 5.73 Å². The molecular formula is C33H39N3O6. The second-order valence-electron chi connectivity index (χ2n) is 10.1. The van der Waals surface area contributed by atoms with Gasteiger partial charge < -0.3 is 25.8 Å². The van der Waals surface area contributed by atoms with Gasteiger partial charge in [0.1, 0.15) is 12.6 Å². The van der Waals surface area contributed by atoms with E-state index in [-0.39, 0.29) is 13.0 Å². The van der Waals surface area contributed by atoms with Crippen molar-refractivity contribution in [1.82, 2.24) is 10.6 Å². The molecule has 0 radical (unpaired) electrons. The van der Waals surface area contributed by atoms with Gasteiger partial charge in [0.25, 0.3) is 0 Å². The highest BCUT2D eigenvalue weighted by Gasteiger charge is 2.28. The van der Waals surface area contributed by atoms with E-state index in [9.17, 15) is 19.2 Å². The highest BCUT2D eigenvalue weighted by atomic mass is 16.5. The van der Waals surface area contributed by atoms with Crippen LogP contribution in [0.2, 0.25) is 0 Å². The van der Waals surface area contributed by atoms with E-state index < -0.39 is 42.4 Å². The first-order valence-electron chi connectivity index (χ1n) is 14.1. The van der Waals surface area contributed by atoms with Gasteiger partial charge in [-0.05, 0) is 61.9 Å². The Bertz CT molecular complexity index is 1310. The zero-order valence-electron chi connectivity index (χ0n) is 24.1. The van der Waals surface area contributed by atoms with Gasteiger partial charge in [-0.3, -0.25) is 9.59 Å². The summed E-state index contributed by atoms with van der Waals surface area (Å²) in [7, 11) is 0. The molecule has 4 N–H and O–H groups in total. The SMILES string of the molecule is Cc1cccc(C)c1C(=O)OCC(=O)[C@H](CCCCN)NC(=O)[C@H](Cc1ccccc1)NC(=O)OCc1ccccc1. The summed E-state index contributed by atoms with van der Waals surface area (Å²) in [5.41, 5.74) is 9.16. The third-order valence-electron chi connectivity index (χ3n) is 6.79. The molecule has 3 aromatic carbocycles. The molecule has 0 unspecified atom stereocenters. The summed E-state index contributed by atoms with van der Waals surface area (Å²) in [4.78, 5) is 52.1. The summed E-state index contributed by atoms with van der Waals surface area (Å²) < 4.78 is 10.7. The minimum atomic E-state index is -1.02. The lowest BCUT2D eigenvalue weighted by Gasteiger charge is -2.23. The molecule has 0 bridgehead atoms. The van der Waals surface area contributed by atoms with E-state index in [1.807, 2.05) is 66.7 Å². The molecule has 3 aromatic rings. The molecule has 222 valence electrons. The zero-order valence-corrected chi connectivity index (χ0v) is 24.1. The van der Waals surface area contributed by atoms with Gasteiger partial charge in [-0.25, -0.2) is 9.59 Å². The summed E-state index contributed by atoms with van der Waals surface area (Å²) in [6.07, 6.45) is 0.952. The summed E-state index contributed by atoms with van der Waals surface area (Å²) >= 11 is 0. The molecule has 3 rings (SSSR count). The molecule has 2 atom stereocenters. The number of alkyl carbamates (subject to hydrolysis) is 1. The van der Waals surface area contributed by atoms with Crippen LogP contribution in [0.25, 0.3) is 0 Å². The fraction of sp³-hybridized carbons (Fsp3) is 0.333. The van der Waals surface area contributed by atoms with Crippen LogP contribution in [0.4, 0.5) is 4.79 Å². The Morgan fingerprint density at radius 2 is 1.36 bits per heavy atom. The number of ketones is 1. The maximum absolute atomic E-state index is 13.5. The first-order chi connectivity index (χ1) is 20.3. The Hall–Kier alpha value is -4.50. The summed E-state index contributed by atoms with van der Waals surface area (Å²) in [5, 5.41) is 5.41.